The molecule has 3 nitrogen and oxygen atoms in total. The summed E-state index contributed by atoms with van der Waals surface area (Å²) < 4.78 is 0. The first kappa shape index (κ1) is 17.8. The second-order valence-electron chi connectivity index (χ2n) is 7.31. The van der Waals surface area contributed by atoms with Crippen LogP contribution in [0.4, 0.5) is 0 Å². The summed E-state index contributed by atoms with van der Waals surface area (Å²) in [6.45, 7) is 4.34. The van der Waals surface area contributed by atoms with Gasteiger partial charge >= 0.3 is 0 Å². The fourth-order valence-electron chi connectivity index (χ4n) is 3.98. The van der Waals surface area contributed by atoms with Gasteiger partial charge in [-0.05, 0) is 69.4 Å². The summed E-state index contributed by atoms with van der Waals surface area (Å²) in [5, 5.41) is 3.92. The molecule has 2 fully saturated rings. The number of hydrogen-bond donors (Lipinski definition) is 1. The van der Waals surface area contributed by atoms with Crippen LogP contribution in [0, 0.1) is 0 Å². The second kappa shape index (κ2) is 8.35. The van der Waals surface area contributed by atoms with Crippen LogP contribution in [0.25, 0.3) is 0 Å². The highest BCUT2D eigenvalue weighted by atomic mass is 35.5. The molecule has 132 valence electrons. The number of amides is 1. The Morgan fingerprint density at radius 1 is 1.04 bits per heavy atom. The van der Waals surface area contributed by atoms with Crippen molar-refractivity contribution in [3.05, 3.63) is 34.9 Å². The predicted octanol–water partition coefficient (Wildman–Crippen LogP) is 4.14. The van der Waals surface area contributed by atoms with E-state index in [0.29, 0.717) is 0 Å². The van der Waals surface area contributed by atoms with Gasteiger partial charge in [0.15, 0.2) is 0 Å². The molecule has 0 unspecified atom stereocenters. The number of hydrogen-bond acceptors (Lipinski definition) is 2. The Morgan fingerprint density at radius 3 is 2.29 bits per heavy atom. The number of rotatable bonds is 6. The minimum atomic E-state index is -0.312. The Labute approximate surface area is 150 Å². The molecule has 4 heteroatoms. The molecular formula is C20H29ClN2O. The Bertz CT molecular complexity index is 531. The molecule has 0 spiro atoms. The third-order valence-electron chi connectivity index (χ3n) is 5.67. The van der Waals surface area contributed by atoms with E-state index in [4.69, 9.17) is 11.6 Å². The van der Waals surface area contributed by atoms with Crippen LogP contribution in [-0.4, -0.2) is 37.0 Å². The van der Waals surface area contributed by atoms with E-state index < -0.39 is 0 Å². The van der Waals surface area contributed by atoms with E-state index in [9.17, 15) is 4.79 Å². The van der Waals surface area contributed by atoms with Gasteiger partial charge < -0.3 is 10.2 Å². The highest BCUT2D eigenvalue weighted by Gasteiger charge is 2.45. The number of benzene rings is 1. The monoisotopic (exact) mass is 348 g/mol. The second-order valence-corrected chi connectivity index (χ2v) is 7.74. The quantitative estimate of drug-likeness (QED) is 0.783. The van der Waals surface area contributed by atoms with Crippen LogP contribution in [0.5, 0.6) is 0 Å². The van der Waals surface area contributed by atoms with Gasteiger partial charge in [0.05, 0.1) is 5.41 Å². The van der Waals surface area contributed by atoms with Crippen molar-refractivity contribution in [2.24, 2.45) is 0 Å². The maximum atomic E-state index is 12.8. The van der Waals surface area contributed by atoms with Crippen LogP contribution in [0.1, 0.15) is 56.9 Å². The van der Waals surface area contributed by atoms with Crippen molar-refractivity contribution in [1.29, 1.82) is 0 Å². The number of nitrogens with zero attached hydrogens (tertiary/aromatic N) is 1. The zero-order valence-corrected chi connectivity index (χ0v) is 15.3. The first-order valence-corrected chi connectivity index (χ1v) is 9.85. The molecule has 1 saturated heterocycles. The highest BCUT2D eigenvalue weighted by Crippen LogP contribution is 2.44. The Balaban J connectivity index is 1.47. The SMILES string of the molecule is O=C(NCCCN1CCCCCC1)C1(c2ccc(Cl)cc2)CCC1. The van der Waals surface area contributed by atoms with Crippen LogP contribution >= 0.6 is 11.6 Å². The summed E-state index contributed by atoms with van der Waals surface area (Å²) >= 11 is 5.99. The smallest absolute Gasteiger partial charge is 0.230 e. The molecule has 24 heavy (non-hydrogen) atoms. The van der Waals surface area contributed by atoms with Gasteiger partial charge in [-0.15, -0.1) is 0 Å². The van der Waals surface area contributed by atoms with Crippen molar-refractivity contribution in [1.82, 2.24) is 10.2 Å². The summed E-state index contributed by atoms with van der Waals surface area (Å²) in [7, 11) is 0. The summed E-state index contributed by atoms with van der Waals surface area (Å²) in [6, 6.07) is 7.81. The highest BCUT2D eigenvalue weighted by molar-refractivity contribution is 6.30. The number of nitrogens with one attached hydrogen (secondary N) is 1. The van der Waals surface area contributed by atoms with Crippen molar-refractivity contribution in [2.45, 2.75) is 56.8 Å². The number of carbonyl (C=O) groups excluding carboxylic acids is 1. The van der Waals surface area contributed by atoms with Crippen molar-refractivity contribution < 1.29 is 4.79 Å². The lowest BCUT2D eigenvalue weighted by Crippen LogP contribution is -2.49. The van der Waals surface area contributed by atoms with Gasteiger partial charge in [-0.1, -0.05) is 43.0 Å². The minimum absolute atomic E-state index is 0.201. The van der Waals surface area contributed by atoms with E-state index in [1.807, 2.05) is 24.3 Å². The molecule has 0 atom stereocenters. The lowest BCUT2D eigenvalue weighted by atomic mass is 9.64. The fraction of sp³-hybridized carbons (Fsp3) is 0.650. The largest absolute Gasteiger partial charge is 0.355 e. The van der Waals surface area contributed by atoms with Crippen LogP contribution in [0.2, 0.25) is 5.02 Å². The Hall–Kier alpha value is -1.06. The third kappa shape index (κ3) is 4.12. The molecular weight excluding hydrogens is 320 g/mol. The van der Waals surface area contributed by atoms with Gasteiger partial charge in [0, 0.05) is 11.6 Å². The van der Waals surface area contributed by atoms with Crippen molar-refractivity contribution in [3.8, 4) is 0 Å². The zero-order chi connectivity index (χ0) is 16.8. The van der Waals surface area contributed by atoms with Crippen LogP contribution in [0.15, 0.2) is 24.3 Å². The van der Waals surface area contributed by atoms with Crippen LogP contribution < -0.4 is 5.32 Å². The Kier molecular flexibility index (Phi) is 6.18. The molecule has 0 bridgehead atoms. The van der Waals surface area contributed by atoms with E-state index in [0.717, 1.165) is 49.4 Å². The number of likely N-dealkylation sites (tertiary alicyclic amines) is 1. The van der Waals surface area contributed by atoms with Gasteiger partial charge in [-0.2, -0.15) is 0 Å². The standard InChI is InChI=1S/C20H29ClN2O/c21-18-9-7-17(8-10-18)20(11-5-12-20)19(24)22-13-6-16-23-14-3-1-2-4-15-23/h7-10H,1-6,11-16H2,(H,22,24). The molecule has 3 rings (SSSR count). The molecule has 2 aliphatic rings. The van der Waals surface area contributed by atoms with E-state index in [2.05, 4.69) is 10.2 Å². The molecule has 1 aliphatic carbocycles. The Morgan fingerprint density at radius 2 is 1.71 bits per heavy atom. The zero-order valence-electron chi connectivity index (χ0n) is 14.5. The predicted molar refractivity (Wildman–Crippen MR) is 99.5 cm³/mol. The van der Waals surface area contributed by atoms with Crippen molar-refractivity contribution in [3.63, 3.8) is 0 Å². The first-order valence-electron chi connectivity index (χ1n) is 9.47. The summed E-state index contributed by atoms with van der Waals surface area (Å²) in [6.07, 6.45) is 9.47. The third-order valence-corrected chi connectivity index (χ3v) is 5.93. The van der Waals surface area contributed by atoms with E-state index in [-0.39, 0.29) is 11.3 Å². The summed E-state index contributed by atoms with van der Waals surface area (Å²) in [5.41, 5.74) is 0.802. The van der Waals surface area contributed by atoms with E-state index in [1.54, 1.807) is 0 Å². The topological polar surface area (TPSA) is 32.3 Å². The maximum Gasteiger partial charge on any atom is 0.230 e. The molecule has 1 amide bonds. The summed E-state index contributed by atoms with van der Waals surface area (Å²) in [4.78, 5) is 15.3. The summed E-state index contributed by atoms with van der Waals surface area (Å²) in [5.74, 6) is 0.201. The van der Waals surface area contributed by atoms with Crippen LogP contribution in [0.3, 0.4) is 0 Å². The number of carbonyl (C=O) groups is 1. The van der Waals surface area contributed by atoms with Gasteiger partial charge in [0.1, 0.15) is 0 Å². The fourth-order valence-corrected chi connectivity index (χ4v) is 4.11. The minimum Gasteiger partial charge on any atom is -0.355 e. The van der Waals surface area contributed by atoms with E-state index in [1.165, 1.54) is 38.8 Å². The molecule has 1 aromatic rings. The molecule has 0 aromatic heterocycles. The first-order chi connectivity index (χ1) is 11.7. The lowest BCUT2D eigenvalue weighted by molar-refractivity contribution is -0.129. The average Bonchev–Trinajstić information content (AvgIpc) is 2.81. The molecule has 1 aliphatic heterocycles. The number of halogens is 1. The normalized spacial score (nSPS) is 20.9. The maximum absolute atomic E-state index is 12.8. The average molecular weight is 349 g/mol. The molecule has 1 saturated carbocycles. The molecule has 1 N–H and O–H groups in total. The van der Waals surface area contributed by atoms with Gasteiger partial charge in [-0.25, -0.2) is 0 Å². The van der Waals surface area contributed by atoms with Gasteiger partial charge in [0.2, 0.25) is 5.91 Å². The van der Waals surface area contributed by atoms with Crippen molar-refractivity contribution >= 4 is 17.5 Å². The molecule has 1 aromatic carbocycles. The lowest BCUT2D eigenvalue weighted by Gasteiger charge is -2.40. The van der Waals surface area contributed by atoms with Crippen molar-refractivity contribution in [2.75, 3.05) is 26.2 Å². The molecule has 0 radical (unpaired) electrons. The van der Waals surface area contributed by atoms with E-state index >= 15 is 0 Å². The van der Waals surface area contributed by atoms with Gasteiger partial charge in [0.25, 0.3) is 0 Å². The molecule has 1 heterocycles. The van der Waals surface area contributed by atoms with Gasteiger partial charge in [-0.3, -0.25) is 4.79 Å². The van der Waals surface area contributed by atoms with Crippen LogP contribution in [-0.2, 0) is 10.2 Å².